The number of hydrogen-bond acceptors (Lipinski definition) is 5. The number of aromatic nitrogens is 3. The normalized spacial score (nSPS) is 12.2. The van der Waals surface area contributed by atoms with Crippen molar-refractivity contribution in [2.24, 2.45) is 0 Å². The van der Waals surface area contributed by atoms with E-state index in [0.29, 0.717) is 0 Å². The third-order valence-corrected chi connectivity index (χ3v) is 3.48. The quantitative estimate of drug-likeness (QED) is 0.624. The molecule has 0 saturated carbocycles. The second kappa shape index (κ2) is 5.82. The summed E-state index contributed by atoms with van der Waals surface area (Å²) >= 11 is 1.61. The average Bonchev–Trinajstić information content (AvgIpc) is 2.46. The Morgan fingerprint density at radius 2 is 2.00 bits per heavy atom. The predicted octanol–water partition coefficient (Wildman–Crippen LogP) is 2.79. The van der Waals surface area contributed by atoms with E-state index in [0.717, 1.165) is 16.7 Å². The maximum atomic E-state index is 4.49. The Morgan fingerprint density at radius 1 is 1.17 bits per heavy atom. The summed E-state index contributed by atoms with van der Waals surface area (Å²) in [6.45, 7) is 2.09. The molecule has 0 fully saturated rings. The van der Waals surface area contributed by atoms with Crippen molar-refractivity contribution in [3.05, 3.63) is 42.4 Å². The van der Waals surface area contributed by atoms with Crippen LogP contribution in [0.5, 0.6) is 0 Å². The molecule has 0 amide bonds. The van der Waals surface area contributed by atoms with Crippen LogP contribution in [0, 0.1) is 0 Å². The average molecular weight is 260 g/mol. The van der Waals surface area contributed by atoms with Crippen molar-refractivity contribution in [3.63, 3.8) is 0 Å². The van der Waals surface area contributed by atoms with Gasteiger partial charge in [-0.25, -0.2) is 9.97 Å². The predicted molar refractivity (Wildman–Crippen MR) is 74.9 cm³/mol. The molecule has 0 bridgehead atoms. The zero-order chi connectivity index (χ0) is 13.0. The number of rotatable bonds is 4. The molecule has 5 heteroatoms. The molecule has 1 atom stereocenters. The molecular weight excluding hydrogens is 244 g/mol. The monoisotopic (exact) mass is 260 g/mol. The van der Waals surface area contributed by atoms with Gasteiger partial charge in [0.15, 0.2) is 0 Å². The highest BCUT2D eigenvalue weighted by Gasteiger charge is 2.15. The van der Waals surface area contributed by atoms with E-state index in [1.54, 1.807) is 24.2 Å². The largest absolute Gasteiger partial charge is 0.336 e. The van der Waals surface area contributed by atoms with E-state index < -0.39 is 0 Å². The van der Waals surface area contributed by atoms with Gasteiger partial charge in [0.2, 0.25) is 5.95 Å². The Bertz CT molecular complexity index is 503. The van der Waals surface area contributed by atoms with Gasteiger partial charge in [-0.3, -0.25) is 4.98 Å². The van der Waals surface area contributed by atoms with Gasteiger partial charge in [-0.15, -0.1) is 11.8 Å². The molecule has 18 heavy (non-hydrogen) atoms. The van der Waals surface area contributed by atoms with Crippen LogP contribution in [0.2, 0.25) is 0 Å². The molecule has 0 radical (unpaired) electrons. The Kier molecular flexibility index (Phi) is 4.15. The Labute approximate surface area is 111 Å². The molecule has 2 rings (SSSR count). The summed E-state index contributed by atoms with van der Waals surface area (Å²) < 4.78 is 0. The molecule has 0 unspecified atom stereocenters. The highest BCUT2D eigenvalue weighted by molar-refractivity contribution is 7.98. The summed E-state index contributed by atoms with van der Waals surface area (Å²) in [7, 11) is 1.98. The van der Waals surface area contributed by atoms with E-state index in [-0.39, 0.29) is 6.04 Å². The minimum Gasteiger partial charge on any atom is -0.336 e. The highest BCUT2D eigenvalue weighted by atomic mass is 32.2. The van der Waals surface area contributed by atoms with Crippen LogP contribution < -0.4 is 4.90 Å². The van der Waals surface area contributed by atoms with Crippen molar-refractivity contribution >= 4 is 17.7 Å². The van der Waals surface area contributed by atoms with Crippen molar-refractivity contribution in [2.75, 3.05) is 18.2 Å². The van der Waals surface area contributed by atoms with Gasteiger partial charge < -0.3 is 4.90 Å². The third-order valence-electron chi connectivity index (χ3n) is 2.84. The molecule has 0 aliphatic rings. The van der Waals surface area contributed by atoms with Crippen LogP contribution >= 0.6 is 11.8 Å². The van der Waals surface area contributed by atoms with Crippen LogP contribution in [0.25, 0.3) is 0 Å². The lowest BCUT2D eigenvalue weighted by molar-refractivity contribution is 0.688. The minimum atomic E-state index is 0.142. The van der Waals surface area contributed by atoms with Gasteiger partial charge in [-0.2, -0.15) is 0 Å². The van der Waals surface area contributed by atoms with Crippen molar-refractivity contribution in [1.82, 2.24) is 15.0 Å². The topological polar surface area (TPSA) is 41.9 Å². The first-order chi connectivity index (χ1) is 8.72. The van der Waals surface area contributed by atoms with Gasteiger partial charge in [-0.1, -0.05) is 6.07 Å². The molecule has 0 aliphatic heterocycles. The van der Waals surface area contributed by atoms with Gasteiger partial charge in [-0.05, 0) is 31.4 Å². The molecular formula is C13H16N4S. The van der Waals surface area contributed by atoms with Crippen molar-refractivity contribution in [3.8, 4) is 0 Å². The zero-order valence-corrected chi connectivity index (χ0v) is 11.6. The Hall–Kier alpha value is -1.62. The summed E-state index contributed by atoms with van der Waals surface area (Å²) in [6.07, 6.45) is 5.60. The van der Waals surface area contributed by atoms with Gasteiger partial charge >= 0.3 is 0 Å². The lowest BCUT2D eigenvalue weighted by Gasteiger charge is -2.24. The summed E-state index contributed by atoms with van der Waals surface area (Å²) in [6, 6.07) is 7.98. The van der Waals surface area contributed by atoms with E-state index in [4.69, 9.17) is 0 Å². The maximum absolute atomic E-state index is 4.49. The number of thioether (sulfide) groups is 1. The van der Waals surface area contributed by atoms with Crippen LogP contribution in [0.4, 0.5) is 5.95 Å². The van der Waals surface area contributed by atoms with Gasteiger partial charge in [0.05, 0.1) is 11.7 Å². The Morgan fingerprint density at radius 3 is 2.67 bits per heavy atom. The number of pyridine rings is 1. The molecule has 0 aliphatic carbocycles. The van der Waals surface area contributed by atoms with Crippen molar-refractivity contribution in [2.45, 2.75) is 18.0 Å². The van der Waals surface area contributed by atoms with Crippen LogP contribution in [-0.2, 0) is 0 Å². The molecule has 2 aromatic heterocycles. The SMILES string of the molecule is CSc1ccnc(N(C)[C@H](C)c2ccccn2)n1. The molecule has 4 nitrogen and oxygen atoms in total. The summed E-state index contributed by atoms with van der Waals surface area (Å²) in [4.78, 5) is 15.2. The van der Waals surface area contributed by atoms with Crippen molar-refractivity contribution in [1.29, 1.82) is 0 Å². The van der Waals surface area contributed by atoms with Crippen LogP contribution in [0.1, 0.15) is 18.7 Å². The van der Waals surface area contributed by atoms with Crippen LogP contribution in [0.15, 0.2) is 41.7 Å². The summed E-state index contributed by atoms with van der Waals surface area (Å²) in [5.74, 6) is 0.722. The molecule has 2 aromatic rings. The first-order valence-corrected chi connectivity index (χ1v) is 6.95. The molecule has 0 N–H and O–H groups in total. The molecule has 2 heterocycles. The van der Waals surface area contributed by atoms with E-state index in [1.165, 1.54) is 0 Å². The van der Waals surface area contributed by atoms with Crippen molar-refractivity contribution < 1.29 is 0 Å². The first kappa shape index (κ1) is 12.8. The smallest absolute Gasteiger partial charge is 0.226 e. The Balaban J connectivity index is 2.22. The zero-order valence-electron chi connectivity index (χ0n) is 10.7. The van der Waals surface area contributed by atoms with Crippen LogP contribution in [-0.4, -0.2) is 28.3 Å². The molecule has 0 aromatic carbocycles. The van der Waals surface area contributed by atoms with Gasteiger partial charge in [0, 0.05) is 19.4 Å². The second-order valence-electron chi connectivity index (χ2n) is 3.94. The fourth-order valence-corrected chi connectivity index (χ4v) is 1.98. The lowest BCUT2D eigenvalue weighted by Crippen LogP contribution is -2.24. The van der Waals surface area contributed by atoms with Gasteiger partial charge in [0.1, 0.15) is 5.03 Å². The molecule has 0 spiro atoms. The first-order valence-electron chi connectivity index (χ1n) is 5.73. The fraction of sp³-hybridized carbons (Fsp3) is 0.308. The second-order valence-corrected chi connectivity index (χ2v) is 4.77. The summed E-state index contributed by atoms with van der Waals surface area (Å²) in [5.41, 5.74) is 1.01. The number of hydrogen-bond donors (Lipinski definition) is 0. The van der Waals surface area contributed by atoms with E-state index in [9.17, 15) is 0 Å². The van der Waals surface area contributed by atoms with E-state index in [1.807, 2.05) is 42.5 Å². The maximum Gasteiger partial charge on any atom is 0.226 e. The lowest BCUT2D eigenvalue weighted by atomic mass is 10.2. The number of nitrogens with zero attached hydrogens (tertiary/aromatic N) is 4. The van der Waals surface area contributed by atoms with Gasteiger partial charge in [0.25, 0.3) is 0 Å². The van der Waals surface area contributed by atoms with E-state index >= 15 is 0 Å². The molecule has 0 saturated heterocycles. The standard InChI is InChI=1S/C13H16N4S/c1-10(11-6-4-5-8-14-11)17(2)13-15-9-7-12(16-13)18-3/h4-10H,1-3H3/t10-/m1/s1. The van der Waals surface area contributed by atoms with Crippen LogP contribution in [0.3, 0.4) is 0 Å². The number of anilines is 1. The third kappa shape index (κ3) is 2.79. The highest BCUT2D eigenvalue weighted by Crippen LogP contribution is 2.22. The molecule has 94 valence electrons. The van der Waals surface area contributed by atoms with E-state index in [2.05, 4.69) is 21.9 Å². The minimum absolute atomic E-state index is 0.142. The fourth-order valence-electron chi connectivity index (χ4n) is 1.61. The summed E-state index contributed by atoms with van der Waals surface area (Å²) in [5, 5.41) is 0.972.